The molecule has 1 aliphatic heterocycles. The molecular formula is C13H27BO2Si. The minimum absolute atomic E-state index is 0.0990. The first-order chi connectivity index (χ1) is 7.91. The Balaban J connectivity index is 2.88. The number of rotatable bonds is 5. The van der Waals surface area contributed by atoms with Crippen LogP contribution in [0.4, 0.5) is 0 Å². The van der Waals surface area contributed by atoms with Crippen LogP contribution in [-0.4, -0.2) is 28.4 Å². The van der Waals surface area contributed by atoms with Crippen LogP contribution < -0.4 is 0 Å². The highest BCUT2D eigenvalue weighted by Crippen LogP contribution is 2.42. The van der Waals surface area contributed by atoms with Crippen LogP contribution in [0, 0.1) is 0 Å². The lowest BCUT2D eigenvalue weighted by molar-refractivity contribution is 0.365. The molecule has 0 spiro atoms. The van der Waals surface area contributed by atoms with Crippen LogP contribution in [0.1, 0.15) is 41.5 Å². The van der Waals surface area contributed by atoms with E-state index in [0.717, 1.165) is 29.8 Å². The lowest BCUT2D eigenvalue weighted by Gasteiger charge is -2.40. The Morgan fingerprint density at radius 1 is 0.882 bits per heavy atom. The fourth-order valence-electron chi connectivity index (χ4n) is 3.31. The van der Waals surface area contributed by atoms with Crippen LogP contribution in [0.25, 0.3) is 0 Å². The summed E-state index contributed by atoms with van der Waals surface area (Å²) >= 11 is 0. The van der Waals surface area contributed by atoms with Gasteiger partial charge in [-0.2, -0.15) is 0 Å². The van der Waals surface area contributed by atoms with Crippen molar-refractivity contribution in [1.82, 2.24) is 0 Å². The molecule has 4 heteroatoms. The van der Waals surface area contributed by atoms with Gasteiger partial charge < -0.3 is 9.31 Å². The molecule has 0 radical (unpaired) electrons. The minimum Gasteiger partial charge on any atom is -0.405 e. The maximum absolute atomic E-state index is 5.50. The second kappa shape index (κ2) is 6.21. The Morgan fingerprint density at radius 3 is 1.65 bits per heavy atom. The van der Waals surface area contributed by atoms with Crippen LogP contribution in [-0.2, 0) is 9.31 Å². The van der Waals surface area contributed by atoms with Gasteiger partial charge in [-0.1, -0.05) is 47.5 Å². The molecule has 1 rings (SSSR count). The van der Waals surface area contributed by atoms with Gasteiger partial charge in [0.1, 0.15) is 0 Å². The third kappa shape index (κ3) is 3.24. The van der Waals surface area contributed by atoms with Crippen LogP contribution >= 0.6 is 0 Å². The van der Waals surface area contributed by atoms with Crippen molar-refractivity contribution in [3.63, 3.8) is 0 Å². The highest BCUT2D eigenvalue weighted by atomic mass is 28.3. The number of hydrogen-bond acceptors (Lipinski definition) is 2. The Hall–Kier alpha value is -0.0582. The lowest BCUT2D eigenvalue weighted by atomic mass is 9.92. The first-order valence-electron chi connectivity index (χ1n) is 6.83. The van der Waals surface area contributed by atoms with E-state index in [2.05, 4.69) is 53.2 Å². The molecule has 0 aromatic rings. The van der Waals surface area contributed by atoms with Gasteiger partial charge in [0.05, 0.1) is 21.3 Å². The highest BCUT2D eigenvalue weighted by molar-refractivity contribution is 6.88. The summed E-state index contributed by atoms with van der Waals surface area (Å²) in [5.74, 6) is 2.17. The summed E-state index contributed by atoms with van der Waals surface area (Å²) in [5, 5.41) is 0. The van der Waals surface area contributed by atoms with E-state index >= 15 is 0 Å². The molecule has 0 aliphatic carbocycles. The van der Waals surface area contributed by atoms with E-state index in [1.807, 2.05) is 0 Å². The van der Waals surface area contributed by atoms with Crippen molar-refractivity contribution in [1.29, 1.82) is 0 Å². The van der Waals surface area contributed by atoms with E-state index in [1.165, 1.54) is 0 Å². The normalized spacial score (nSPS) is 18.3. The van der Waals surface area contributed by atoms with E-state index < -0.39 is 8.07 Å². The topological polar surface area (TPSA) is 18.5 Å². The zero-order valence-electron chi connectivity index (χ0n) is 12.2. The van der Waals surface area contributed by atoms with Gasteiger partial charge in [-0.25, -0.2) is 0 Å². The standard InChI is InChI=1S/C13H27BO2Si/c1-11(2)17(12(3)4,13(5)6)10-7-14-15-8-9-16-14/h7,10-13H,8-9H2,1-6H3/b10-7-. The second-order valence-corrected chi connectivity index (χ2v) is 11.7. The van der Waals surface area contributed by atoms with E-state index in [-0.39, 0.29) is 7.12 Å². The zero-order valence-corrected chi connectivity index (χ0v) is 13.2. The largest absolute Gasteiger partial charge is 0.485 e. The van der Waals surface area contributed by atoms with Crippen molar-refractivity contribution in [3.05, 3.63) is 11.7 Å². The molecule has 1 aliphatic rings. The van der Waals surface area contributed by atoms with E-state index in [9.17, 15) is 0 Å². The van der Waals surface area contributed by atoms with Crippen LogP contribution in [0.15, 0.2) is 11.7 Å². The molecule has 1 fully saturated rings. The third-order valence-corrected chi connectivity index (χ3v) is 11.0. The summed E-state index contributed by atoms with van der Waals surface area (Å²) in [5.41, 5.74) is 4.73. The fraction of sp³-hybridized carbons (Fsp3) is 0.846. The average Bonchev–Trinajstić information content (AvgIpc) is 2.69. The summed E-state index contributed by atoms with van der Waals surface area (Å²) in [4.78, 5) is 0. The van der Waals surface area contributed by atoms with Gasteiger partial charge in [0.15, 0.2) is 0 Å². The maximum atomic E-state index is 5.50. The SMILES string of the molecule is CC(C)[Si](/C=C\B1OCCO1)(C(C)C)C(C)C. The molecule has 0 bridgehead atoms. The van der Waals surface area contributed by atoms with E-state index in [1.54, 1.807) is 0 Å². The molecular weight excluding hydrogens is 227 g/mol. The minimum atomic E-state index is -1.44. The molecule has 2 nitrogen and oxygen atoms in total. The Kier molecular flexibility index (Phi) is 5.48. The molecule has 0 amide bonds. The molecule has 0 unspecified atom stereocenters. The van der Waals surface area contributed by atoms with Gasteiger partial charge in [-0.3, -0.25) is 0 Å². The summed E-state index contributed by atoms with van der Waals surface area (Å²) < 4.78 is 11.0. The van der Waals surface area contributed by atoms with Gasteiger partial charge >= 0.3 is 7.12 Å². The summed E-state index contributed by atoms with van der Waals surface area (Å²) in [7, 11) is -1.53. The fourth-order valence-corrected chi connectivity index (χ4v) is 8.96. The van der Waals surface area contributed by atoms with Crippen LogP contribution in [0.3, 0.4) is 0 Å². The summed E-state index contributed by atoms with van der Waals surface area (Å²) in [6.07, 6.45) is 0. The Morgan fingerprint density at radius 2 is 1.29 bits per heavy atom. The molecule has 1 heterocycles. The first-order valence-corrected chi connectivity index (χ1v) is 9.14. The molecule has 0 saturated carbocycles. The molecule has 17 heavy (non-hydrogen) atoms. The molecule has 0 aromatic heterocycles. The van der Waals surface area contributed by atoms with Crippen molar-refractivity contribution in [2.75, 3.05) is 13.2 Å². The zero-order chi connectivity index (χ0) is 13.1. The van der Waals surface area contributed by atoms with Crippen molar-refractivity contribution in [2.45, 2.75) is 58.2 Å². The van der Waals surface area contributed by atoms with E-state index in [4.69, 9.17) is 9.31 Å². The van der Waals surface area contributed by atoms with Crippen molar-refractivity contribution in [2.24, 2.45) is 0 Å². The summed E-state index contributed by atoms with van der Waals surface area (Å²) in [6, 6.07) is 0. The quantitative estimate of drug-likeness (QED) is 0.694. The van der Waals surface area contributed by atoms with Crippen LogP contribution in [0.2, 0.25) is 16.6 Å². The molecule has 0 aromatic carbocycles. The van der Waals surface area contributed by atoms with Gasteiger partial charge in [0.25, 0.3) is 0 Å². The van der Waals surface area contributed by atoms with E-state index in [0.29, 0.717) is 0 Å². The maximum Gasteiger partial charge on any atom is 0.485 e. The predicted molar refractivity (Wildman–Crippen MR) is 77.8 cm³/mol. The predicted octanol–water partition coefficient (Wildman–Crippen LogP) is 3.83. The smallest absolute Gasteiger partial charge is 0.405 e. The second-order valence-electron chi connectivity index (χ2n) is 5.93. The highest BCUT2D eigenvalue weighted by Gasteiger charge is 2.40. The van der Waals surface area contributed by atoms with Gasteiger partial charge in [-0.05, 0) is 16.6 Å². The molecule has 98 valence electrons. The van der Waals surface area contributed by atoms with Crippen molar-refractivity contribution < 1.29 is 9.31 Å². The third-order valence-electron chi connectivity index (χ3n) is 4.19. The van der Waals surface area contributed by atoms with Crippen molar-refractivity contribution in [3.8, 4) is 0 Å². The van der Waals surface area contributed by atoms with Crippen molar-refractivity contribution >= 4 is 15.2 Å². The first kappa shape index (κ1) is 15.0. The molecule has 0 atom stereocenters. The Labute approximate surface area is 108 Å². The van der Waals surface area contributed by atoms with Crippen LogP contribution in [0.5, 0.6) is 0 Å². The molecule has 0 N–H and O–H groups in total. The monoisotopic (exact) mass is 254 g/mol. The van der Waals surface area contributed by atoms with Gasteiger partial charge in [0, 0.05) is 0 Å². The lowest BCUT2D eigenvalue weighted by Crippen LogP contribution is -2.43. The Bertz CT molecular complexity index is 236. The molecule has 1 saturated heterocycles. The average molecular weight is 254 g/mol. The van der Waals surface area contributed by atoms with Gasteiger partial charge in [0.2, 0.25) is 0 Å². The number of hydrogen-bond donors (Lipinski definition) is 0. The summed E-state index contributed by atoms with van der Waals surface area (Å²) in [6.45, 7) is 15.7. The van der Waals surface area contributed by atoms with Gasteiger partial charge in [-0.15, -0.1) is 5.70 Å².